The Bertz CT molecular complexity index is 763. The van der Waals surface area contributed by atoms with E-state index >= 15 is 0 Å². The average molecular weight is 543 g/mol. The second kappa shape index (κ2) is 11.1. The predicted octanol–water partition coefficient (Wildman–Crippen LogP) is 11.1. The van der Waals surface area contributed by atoms with Gasteiger partial charge < -0.3 is 0 Å². The topological polar surface area (TPSA) is 0 Å². The highest BCUT2D eigenvalue weighted by Crippen LogP contribution is 2.69. The molecule has 0 spiro atoms. The first-order chi connectivity index (χ1) is 17.8. The van der Waals surface area contributed by atoms with E-state index in [-0.39, 0.29) is 0 Å². The molecule has 0 radical (unpaired) electrons. The third kappa shape index (κ3) is 4.89. The minimum Gasteiger partial charge on any atom is -0.155 e. The molecule has 1 aliphatic heterocycles. The molecule has 0 aromatic rings. The molecule has 5 saturated carbocycles. The summed E-state index contributed by atoms with van der Waals surface area (Å²) < 4.78 is 0. The zero-order chi connectivity index (χ0) is 25.9. The summed E-state index contributed by atoms with van der Waals surface area (Å²) in [5, 5.41) is 1.94. The van der Waals surface area contributed by atoms with E-state index in [9.17, 15) is 0 Å². The predicted molar refractivity (Wildman–Crippen MR) is 167 cm³/mol. The maximum absolute atomic E-state index is 2.96. The van der Waals surface area contributed by atoms with Crippen LogP contribution >= 0.6 is 11.8 Å². The molecule has 0 amide bonds. The van der Waals surface area contributed by atoms with Crippen LogP contribution in [0.15, 0.2) is 0 Å². The van der Waals surface area contributed by atoms with Crippen LogP contribution in [0, 0.1) is 59.2 Å². The van der Waals surface area contributed by atoms with Crippen molar-refractivity contribution >= 4 is 19.8 Å². The fourth-order valence-electron chi connectivity index (χ4n) is 13.1. The standard InChI is InChI=1S/C35H62SSi/c1-22(2)29-21-31-32(26-16-11-8-12-17-26)24(4)36-33(31)35(29)37(5,6)34-23(3)20-30-27(18-13-19-28(30)34)25-14-9-7-10-15-25/h22-35H,7-21H2,1-6H3. The van der Waals surface area contributed by atoms with Crippen LogP contribution in [0.3, 0.4) is 0 Å². The zero-order valence-corrected chi connectivity index (χ0v) is 27.4. The van der Waals surface area contributed by atoms with Crippen molar-refractivity contribution in [2.45, 2.75) is 159 Å². The molecule has 212 valence electrons. The summed E-state index contributed by atoms with van der Waals surface area (Å²) in [6.45, 7) is 16.6. The van der Waals surface area contributed by atoms with Crippen molar-refractivity contribution in [3.8, 4) is 0 Å². The van der Waals surface area contributed by atoms with Crippen molar-refractivity contribution in [2.24, 2.45) is 59.2 Å². The first kappa shape index (κ1) is 27.7. The minimum atomic E-state index is -1.43. The molecule has 0 aromatic carbocycles. The first-order valence-corrected chi connectivity index (χ1v) is 21.5. The van der Waals surface area contributed by atoms with Crippen molar-refractivity contribution in [3.63, 3.8) is 0 Å². The van der Waals surface area contributed by atoms with Gasteiger partial charge in [-0.3, -0.25) is 0 Å². The van der Waals surface area contributed by atoms with Crippen LogP contribution < -0.4 is 0 Å². The number of thioether (sulfide) groups is 1. The Morgan fingerprint density at radius 1 is 0.622 bits per heavy atom. The van der Waals surface area contributed by atoms with Crippen molar-refractivity contribution in [2.75, 3.05) is 0 Å². The van der Waals surface area contributed by atoms with E-state index in [1.54, 1.807) is 57.8 Å². The van der Waals surface area contributed by atoms with E-state index < -0.39 is 8.07 Å². The number of hydrogen-bond acceptors (Lipinski definition) is 1. The van der Waals surface area contributed by atoms with Gasteiger partial charge in [-0.05, 0) is 89.5 Å². The fraction of sp³-hybridized carbons (Fsp3) is 1.00. The zero-order valence-electron chi connectivity index (χ0n) is 25.6. The van der Waals surface area contributed by atoms with Crippen LogP contribution in [0.2, 0.25) is 24.2 Å². The van der Waals surface area contributed by atoms with Gasteiger partial charge >= 0.3 is 0 Å². The van der Waals surface area contributed by atoms with Crippen LogP contribution in [-0.2, 0) is 0 Å². The summed E-state index contributed by atoms with van der Waals surface area (Å²) in [4.78, 5) is 0. The molecule has 1 saturated heterocycles. The SMILES string of the molecule is CC(C)C1CC2C(SC(C)C2C2CCCCC2)C1[Si](C)(C)C1C(C)CC2C(C3CCCCC3)CCCC21. The van der Waals surface area contributed by atoms with Gasteiger partial charge in [0.1, 0.15) is 0 Å². The van der Waals surface area contributed by atoms with Gasteiger partial charge in [0.25, 0.3) is 0 Å². The van der Waals surface area contributed by atoms with E-state index in [1.807, 2.05) is 0 Å². The van der Waals surface area contributed by atoms with Gasteiger partial charge in [0.05, 0.1) is 8.07 Å². The molecule has 6 fully saturated rings. The van der Waals surface area contributed by atoms with Gasteiger partial charge in [0, 0.05) is 10.5 Å². The minimum absolute atomic E-state index is 0.888. The molecule has 5 aliphatic carbocycles. The van der Waals surface area contributed by atoms with E-state index in [2.05, 4.69) is 52.6 Å². The number of fused-ring (bicyclic) bond motifs is 2. The van der Waals surface area contributed by atoms with Crippen molar-refractivity contribution in [1.82, 2.24) is 0 Å². The molecule has 11 unspecified atom stereocenters. The normalized spacial score (nSPS) is 47.9. The molecule has 11 atom stereocenters. The second-order valence-corrected chi connectivity index (χ2v) is 23.0. The average Bonchev–Trinajstić information content (AvgIpc) is 3.53. The lowest BCUT2D eigenvalue weighted by molar-refractivity contribution is 0.0978. The summed E-state index contributed by atoms with van der Waals surface area (Å²) >= 11 is 2.54. The molecule has 1 heterocycles. The van der Waals surface area contributed by atoms with Gasteiger partial charge in [0.15, 0.2) is 0 Å². The Morgan fingerprint density at radius 2 is 1.24 bits per heavy atom. The van der Waals surface area contributed by atoms with Gasteiger partial charge in [-0.15, -0.1) is 0 Å². The third-order valence-electron chi connectivity index (χ3n) is 14.1. The molecule has 0 nitrogen and oxygen atoms in total. The first-order valence-electron chi connectivity index (χ1n) is 17.4. The molecular weight excluding hydrogens is 481 g/mol. The summed E-state index contributed by atoms with van der Waals surface area (Å²) in [7, 11) is -1.43. The molecule has 0 bridgehead atoms. The van der Waals surface area contributed by atoms with E-state index in [1.165, 1.54) is 38.5 Å². The highest BCUT2D eigenvalue weighted by Gasteiger charge is 2.63. The van der Waals surface area contributed by atoms with Crippen LogP contribution in [0.1, 0.15) is 124 Å². The fourth-order valence-corrected chi connectivity index (χ4v) is 22.6. The van der Waals surface area contributed by atoms with Crippen LogP contribution in [0.5, 0.6) is 0 Å². The molecule has 6 rings (SSSR count). The van der Waals surface area contributed by atoms with Gasteiger partial charge in [-0.25, -0.2) is 0 Å². The highest BCUT2D eigenvalue weighted by molar-refractivity contribution is 8.00. The third-order valence-corrected chi connectivity index (χ3v) is 21.3. The summed E-state index contributed by atoms with van der Waals surface area (Å²) in [6.07, 6.45) is 23.4. The van der Waals surface area contributed by atoms with Crippen molar-refractivity contribution < 1.29 is 0 Å². The largest absolute Gasteiger partial charge is 0.155 e. The molecule has 2 heteroatoms. The van der Waals surface area contributed by atoms with E-state index in [0.717, 1.165) is 80.8 Å². The monoisotopic (exact) mass is 542 g/mol. The lowest BCUT2D eigenvalue weighted by Gasteiger charge is -2.49. The molecular formula is C35H62SSi. The lowest BCUT2D eigenvalue weighted by atomic mass is 9.65. The molecule has 6 aliphatic rings. The van der Waals surface area contributed by atoms with Crippen molar-refractivity contribution in [1.29, 1.82) is 0 Å². The maximum atomic E-state index is 2.96. The lowest BCUT2D eigenvalue weighted by Crippen LogP contribution is -2.48. The molecule has 0 aromatic heterocycles. The Labute approximate surface area is 237 Å². The Kier molecular flexibility index (Phi) is 8.31. The van der Waals surface area contributed by atoms with Gasteiger partial charge in [-0.1, -0.05) is 118 Å². The summed E-state index contributed by atoms with van der Waals surface area (Å²) in [6, 6.07) is 0. The van der Waals surface area contributed by atoms with Gasteiger partial charge in [0.2, 0.25) is 0 Å². The second-order valence-electron chi connectivity index (χ2n) is 16.5. The Hall–Kier alpha value is 0.567. The van der Waals surface area contributed by atoms with Crippen LogP contribution in [0.4, 0.5) is 0 Å². The molecule has 37 heavy (non-hydrogen) atoms. The van der Waals surface area contributed by atoms with Crippen molar-refractivity contribution in [3.05, 3.63) is 0 Å². The highest BCUT2D eigenvalue weighted by atomic mass is 32.2. The summed E-state index contributed by atoms with van der Waals surface area (Å²) in [5.74, 6) is 10.5. The number of hydrogen-bond donors (Lipinski definition) is 0. The summed E-state index contributed by atoms with van der Waals surface area (Å²) in [5.41, 5.74) is 2.19. The van der Waals surface area contributed by atoms with E-state index in [4.69, 9.17) is 0 Å². The maximum Gasteiger partial charge on any atom is 0.0555 e. The number of rotatable bonds is 5. The van der Waals surface area contributed by atoms with Crippen LogP contribution in [0.25, 0.3) is 0 Å². The van der Waals surface area contributed by atoms with Crippen LogP contribution in [-0.4, -0.2) is 18.6 Å². The Balaban J connectivity index is 1.26. The smallest absolute Gasteiger partial charge is 0.0555 e. The van der Waals surface area contributed by atoms with E-state index in [0.29, 0.717) is 0 Å². The molecule has 0 N–H and O–H groups in total. The Morgan fingerprint density at radius 3 is 1.89 bits per heavy atom. The quantitative estimate of drug-likeness (QED) is 0.311. The van der Waals surface area contributed by atoms with Gasteiger partial charge in [-0.2, -0.15) is 11.8 Å².